The average Bonchev–Trinajstić information content (AvgIpc) is 2.26. The van der Waals surface area contributed by atoms with Gasteiger partial charge in [-0.25, -0.2) is 0 Å². The zero-order valence-corrected chi connectivity index (χ0v) is 11.4. The van der Waals surface area contributed by atoms with Crippen molar-refractivity contribution in [3.8, 4) is 0 Å². The molecule has 106 valence electrons. The lowest BCUT2D eigenvalue weighted by atomic mass is 9.76. The van der Waals surface area contributed by atoms with Gasteiger partial charge in [-0.2, -0.15) is 0 Å². The van der Waals surface area contributed by atoms with Crippen molar-refractivity contribution in [1.29, 1.82) is 0 Å². The molecule has 0 aromatic heterocycles. The Morgan fingerprint density at radius 3 is 2.11 bits per heavy atom. The van der Waals surface area contributed by atoms with Crippen molar-refractivity contribution in [3.63, 3.8) is 0 Å². The maximum atomic E-state index is 11.7. The Kier molecular flexibility index (Phi) is 5.76. The van der Waals surface area contributed by atoms with E-state index in [0.717, 1.165) is 0 Å². The number of carbonyl (C=O) groups excluding carboxylic acids is 1. The van der Waals surface area contributed by atoms with E-state index in [2.05, 4.69) is 5.32 Å². The second-order valence-corrected chi connectivity index (χ2v) is 5.49. The number of carbonyl (C=O) groups is 2. The Balaban J connectivity index is 4.51. The summed E-state index contributed by atoms with van der Waals surface area (Å²) in [6.07, 6.45) is -0.165. The smallest absolute Gasteiger partial charge is 0.310 e. The fraction of sp³-hybridized carbons (Fsp3) is 0.833. The maximum Gasteiger partial charge on any atom is 0.310 e. The molecular weight excluding hydrogens is 238 g/mol. The number of amides is 1. The van der Waals surface area contributed by atoms with Gasteiger partial charge in [0, 0.05) is 13.0 Å². The summed E-state index contributed by atoms with van der Waals surface area (Å²) in [5.41, 5.74) is -2.54. The first kappa shape index (κ1) is 16.9. The summed E-state index contributed by atoms with van der Waals surface area (Å²) < 4.78 is 0. The molecule has 0 radical (unpaired) electrons. The van der Waals surface area contributed by atoms with Crippen LogP contribution in [0.4, 0.5) is 0 Å². The summed E-state index contributed by atoms with van der Waals surface area (Å²) in [7, 11) is 0. The van der Waals surface area contributed by atoms with Gasteiger partial charge in [0.15, 0.2) is 0 Å². The molecule has 0 saturated heterocycles. The summed E-state index contributed by atoms with van der Waals surface area (Å²) in [6.45, 7) is 5.79. The Morgan fingerprint density at radius 2 is 1.78 bits per heavy atom. The molecule has 0 saturated carbocycles. The van der Waals surface area contributed by atoms with Crippen LogP contribution in [-0.2, 0) is 9.59 Å². The first-order valence-electron chi connectivity index (χ1n) is 5.88. The molecule has 0 rings (SSSR count). The summed E-state index contributed by atoms with van der Waals surface area (Å²) in [4.78, 5) is 22.8. The lowest BCUT2D eigenvalue weighted by Gasteiger charge is -2.29. The molecule has 0 aromatic carbocycles. The Labute approximate surface area is 107 Å². The number of hydrogen-bond acceptors (Lipinski definition) is 4. The molecule has 6 heteroatoms. The molecule has 0 aromatic rings. The molecule has 0 heterocycles. The van der Waals surface area contributed by atoms with E-state index >= 15 is 0 Å². The SMILES string of the molecule is CC(C)C(C)(CC(=O)NCC(C)(O)CO)C(=O)O. The zero-order chi connectivity index (χ0) is 14.6. The van der Waals surface area contributed by atoms with Gasteiger partial charge in [0.2, 0.25) is 5.91 Å². The van der Waals surface area contributed by atoms with Crippen molar-refractivity contribution in [1.82, 2.24) is 5.32 Å². The highest BCUT2D eigenvalue weighted by atomic mass is 16.4. The van der Waals surface area contributed by atoms with Gasteiger partial charge in [-0.15, -0.1) is 0 Å². The van der Waals surface area contributed by atoms with Crippen LogP contribution in [0.2, 0.25) is 0 Å². The lowest BCUT2D eigenvalue weighted by Crippen LogP contribution is -2.45. The van der Waals surface area contributed by atoms with Crippen LogP contribution in [-0.4, -0.2) is 45.9 Å². The van der Waals surface area contributed by atoms with Gasteiger partial charge >= 0.3 is 5.97 Å². The first-order chi connectivity index (χ1) is 8.05. The van der Waals surface area contributed by atoms with Gasteiger partial charge in [-0.3, -0.25) is 9.59 Å². The van der Waals surface area contributed by atoms with Crippen molar-refractivity contribution < 1.29 is 24.9 Å². The van der Waals surface area contributed by atoms with E-state index in [1.807, 2.05) is 0 Å². The fourth-order valence-electron chi connectivity index (χ4n) is 1.27. The minimum atomic E-state index is -1.40. The summed E-state index contributed by atoms with van der Waals surface area (Å²) >= 11 is 0. The highest BCUT2D eigenvalue weighted by Crippen LogP contribution is 2.31. The number of hydrogen-bond donors (Lipinski definition) is 4. The normalized spacial score (nSPS) is 17.9. The van der Waals surface area contributed by atoms with Crippen LogP contribution in [0, 0.1) is 11.3 Å². The third-order valence-electron chi connectivity index (χ3n) is 3.30. The number of rotatable bonds is 7. The predicted molar refractivity (Wildman–Crippen MR) is 65.9 cm³/mol. The first-order valence-corrected chi connectivity index (χ1v) is 5.88. The molecule has 18 heavy (non-hydrogen) atoms. The maximum absolute atomic E-state index is 11.7. The van der Waals surface area contributed by atoms with Gasteiger partial charge in [0.05, 0.1) is 12.0 Å². The van der Waals surface area contributed by atoms with E-state index in [1.165, 1.54) is 13.8 Å². The number of carboxylic acid groups (broad SMARTS) is 1. The average molecular weight is 261 g/mol. The molecule has 0 aliphatic carbocycles. The monoisotopic (exact) mass is 261 g/mol. The highest BCUT2D eigenvalue weighted by molar-refractivity contribution is 5.84. The molecule has 2 unspecified atom stereocenters. The summed E-state index contributed by atoms with van der Waals surface area (Å²) in [5, 5.41) is 29.9. The molecule has 2 atom stereocenters. The molecule has 0 fully saturated rings. The third kappa shape index (κ3) is 4.62. The van der Waals surface area contributed by atoms with Crippen molar-refractivity contribution >= 4 is 11.9 Å². The number of aliphatic hydroxyl groups excluding tert-OH is 1. The molecule has 4 N–H and O–H groups in total. The Morgan fingerprint density at radius 1 is 1.28 bits per heavy atom. The predicted octanol–water partition coefficient (Wildman–Crippen LogP) is -0.0171. The van der Waals surface area contributed by atoms with E-state index in [1.54, 1.807) is 13.8 Å². The minimum absolute atomic E-state index is 0.115. The van der Waals surface area contributed by atoms with Crippen molar-refractivity contribution in [2.24, 2.45) is 11.3 Å². The molecule has 1 amide bonds. The van der Waals surface area contributed by atoms with E-state index in [4.69, 9.17) is 10.2 Å². The standard InChI is InChI=1S/C12H23NO5/c1-8(2)12(4,10(16)17)5-9(15)13-6-11(3,18)7-14/h8,14,18H,5-7H2,1-4H3,(H,13,15)(H,16,17). The van der Waals surface area contributed by atoms with Crippen molar-refractivity contribution in [2.45, 2.75) is 39.7 Å². The quantitative estimate of drug-likeness (QED) is 0.515. The van der Waals surface area contributed by atoms with Gasteiger partial charge < -0.3 is 20.6 Å². The van der Waals surface area contributed by atoms with Crippen LogP contribution in [0.3, 0.4) is 0 Å². The van der Waals surface area contributed by atoms with Crippen LogP contribution in [0.1, 0.15) is 34.1 Å². The van der Waals surface area contributed by atoms with Gasteiger partial charge in [0.1, 0.15) is 5.60 Å². The summed E-state index contributed by atoms with van der Waals surface area (Å²) in [6, 6.07) is 0. The summed E-state index contributed by atoms with van der Waals surface area (Å²) in [5.74, 6) is -1.68. The van der Waals surface area contributed by atoms with E-state index in [-0.39, 0.29) is 18.9 Å². The topological polar surface area (TPSA) is 107 Å². The van der Waals surface area contributed by atoms with E-state index in [0.29, 0.717) is 0 Å². The second kappa shape index (κ2) is 6.15. The third-order valence-corrected chi connectivity index (χ3v) is 3.30. The number of carboxylic acids is 1. The van der Waals surface area contributed by atoms with Crippen molar-refractivity contribution in [2.75, 3.05) is 13.2 Å². The van der Waals surface area contributed by atoms with Crippen LogP contribution >= 0.6 is 0 Å². The molecule has 6 nitrogen and oxygen atoms in total. The van der Waals surface area contributed by atoms with E-state index < -0.39 is 29.5 Å². The van der Waals surface area contributed by atoms with Crippen LogP contribution < -0.4 is 5.32 Å². The molecule has 0 bridgehead atoms. The largest absolute Gasteiger partial charge is 0.481 e. The highest BCUT2D eigenvalue weighted by Gasteiger charge is 2.39. The second-order valence-electron chi connectivity index (χ2n) is 5.49. The van der Waals surface area contributed by atoms with Gasteiger partial charge in [0.25, 0.3) is 0 Å². The molecule has 0 spiro atoms. The fourth-order valence-corrected chi connectivity index (χ4v) is 1.27. The lowest BCUT2D eigenvalue weighted by molar-refractivity contribution is -0.153. The number of nitrogens with one attached hydrogen (secondary N) is 1. The van der Waals surface area contributed by atoms with Gasteiger partial charge in [-0.05, 0) is 19.8 Å². The zero-order valence-electron chi connectivity index (χ0n) is 11.4. The minimum Gasteiger partial charge on any atom is -0.481 e. The van der Waals surface area contributed by atoms with Crippen LogP contribution in [0.15, 0.2) is 0 Å². The van der Waals surface area contributed by atoms with Crippen LogP contribution in [0.5, 0.6) is 0 Å². The Bertz CT molecular complexity index is 314. The number of aliphatic hydroxyl groups is 2. The van der Waals surface area contributed by atoms with Crippen LogP contribution in [0.25, 0.3) is 0 Å². The number of aliphatic carboxylic acids is 1. The van der Waals surface area contributed by atoms with Gasteiger partial charge in [-0.1, -0.05) is 13.8 Å². The van der Waals surface area contributed by atoms with Crippen molar-refractivity contribution in [3.05, 3.63) is 0 Å². The molecule has 0 aliphatic rings. The van der Waals surface area contributed by atoms with E-state index in [9.17, 15) is 14.7 Å². The molecular formula is C12H23NO5. The molecule has 0 aliphatic heterocycles. The Hall–Kier alpha value is -1.14.